The second kappa shape index (κ2) is 11.5. The first-order chi connectivity index (χ1) is 15.0. The minimum absolute atomic E-state index is 0.0347. The molecule has 2 heterocycles. The Morgan fingerprint density at radius 1 is 1.29 bits per heavy atom. The highest BCUT2D eigenvalue weighted by Gasteiger charge is 2.20. The maximum atomic E-state index is 12.3. The predicted molar refractivity (Wildman–Crippen MR) is 121 cm³/mol. The molecule has 0 aliphatic carbocycles. The van der Waals surface area contributed by atoms with Crippen molar-refractivity contribution < 1.29 is 19.1 Å². The van der Waals surface area contributed by atoms with Gasteiger partial charge in [-0.15, -0.1) is 11.3 Å². The molecule has 1 amide bonds. The van der Waals surface area contributed by atoms with Gasteiger partial charge < -0.3 is 14.4 Å². The van der Waals surface area contributed by atoms with Crippen molar-refractivity contribution in [1.29, 1.82) is 0 Å². The average Bonchev–Trinajstić information content (AvgIpc) is 3.20. The highest BCUT2D eigenvalue weighted by Crippen LogP contribution is 2.18. The molecule has 1 aromatic carbocycles. The Hall–Kier alpha value is -2.94. The topological polar surface area (TPSA) is 93.1 Å². The van der Waals surface area contributed by atoms with Gasteiger partial charge in [-0.1, -0.05) is 6.92 Å². The molecule has 0 spiro atoms. The Kier molecular flexibility index (Phi) is 8.40. The Bertz CT molecular complexity index is 889. The number of aromatic nitrogens is 1. The van der Waals surface area contributed by atoms with Crippen molar-refractivity contribution in [2.75, 3.05) is 31.7 Å². The van der Waals surface area contributed by atoms with Crippen LogP contribution in [0.2, 0.25) is 0 Å². The van der Waals surface area contributed by atoms with Gasteiger partial charge in [-0.25, -0.2) is 4.98 Å². The van der Waals surface area contributed by atoms with Crippen LogP contribution < -0.4 is 10.2 Å². The Labute approximate surface area is 186 Å². The number of carbonyl (C=O) groups is 2. The third-order valence-electron chi connectivity index (χ3n) is 4.94. The van der Waals surface area contributed by atoms with Gasteiger partial charge in [-0.3, -0.25) is 15.0 Å². The summed E-state index contributed by atoms with van der Waals surface area (Å²) in [5.74, 6) is 1.08. The van der Waals surface area contributed by atoms with Crippen LogP contribution in [0.3, 0.4) is 0 Å². The van der Waals surface area contributed by atoms with E-state index in [4.69, 9.17) is 9.47 Å². The van der Waals surface area contributed by atoms with Crippen LogP contribution in [0.15, 0.2) is 34.7 Å². The summed E-state index contributed by atoms with van der Waals surface area (Å²) in [6, 6.07) is 7.35. The van der Waals surface area contributed by atoms with Gasteiger partial charge >= 0.3 is 5.97 Å². The molecular weight excluding hydrogens is 416 g/mol. The molecule has 1 aromatic heterocycles. The number of hydrazone groups is 1. The van der Waals surface area contributed by atoms with Gasteiger partial charge in [0.15, 0.2) is 6.61 Å². The molecule has 9 heteroatoms. The van der Waals surface area contributed by atoms with Crippen molar-refractivity contribution in [3.8, 4) is 5.75 Å². The van der Waals surface area contributed by atoms with Gasteiger partial charge in [-0.05, 0) is 55.5 Å². The number of ether oxygens (including phenoxy) is 2. The maximum Gasteiger partial charge on any atom is 0.311 e. The third-order valence-corrected chi connectivity index (χ3v) is 5.73. The van der Waals surface area contributed by atoms with Gasteiger partial charge in [0, 0.05) is 18.5 Å². The zero-order valence-corrected chi connectivity index (χ0v) is 18.7. The molecule has 0 atom stereocenters. The van der Waals surface area contributed by atoms with E-state index in [1.54, 1.807) is 18.5 Å². The molecular formula is C22H28N4O4S. The molecule has 1 aliphatic rings. The Balaban J connectivity index is 1.42. The number of anilines is 1. The summed E-state index contributed by atoms with van der Waals surface area (Å²) in [7, 11) is 0. The van der Waals surface area contributed by atoms with Crippen molar-refractivity contribution in [1.82, 2.24) is 9.88 Å². The van der Waals surface area contributed by atoms with E-state index in [0.717, 1.165) is 31.5 Å². The molecule has 0 unspecified atom stereocenters. The number of benzene rings is 1. The van der Waals surface area contributed by atoms with Gasteiger partial charge in [0.25, 0.3) is 5.91 Å². The molecule has 0 radical (unpaired) electrons. The van der Waals surface area contributed by atoms with E-state index in [9.17, 15) is 9.59 Å². The zero-order valence-electron chi connectivity index (χ0n) is 17.9. The second-order valence-electron chi connectivity index (χ2n) is 7.42. The molecule has 3 rings (SSSR count). The summed E-state index contributed by atoms with van der Waals surface area (Å²) in [6.07, 6.45) is 3.93. The number of thiazole rings is 1. The van der Waals surface area contributed by atoms with Crippen LogP contribution in [0.4, 0.5) is 5.13 Å². The molecule has 1 saturated heterocycles. The van der Waals surface area contributed by atoms with E-state index in [-0.39, 0.29) is 24.9 Å². The van der Waals surface area contributed by atoms with Crippen molar-refractivity contribution in [2.45, 2.75) is 33.1 Å². The number of likely N-dealkylation sites (tertiary alicyclic amines) is 1. The van der Waals surface area contributed by atoms with Crippen LogP contribution in [-0.2, 0) is 20.7 Å². The maximum absolute atomic E-state index is 12.3. The lowest BCUT2D eigenvalue weighted by molar-refractivity contribution is -0.142. The third kappa shape index (κ3) is 7.36. The van der Waals surface area contributed by atoms with Crippen LogP contribution in [0.1, 0.15) is 37.9 Å². The first-order valence-electron chi connectivity index (χ1n) is 10.4. The molecule has 1 fully saturated rings. The lowest BCUT2D eigenvalue weighted by Gasteiger charge is -2.30. The van der Waals surface area contributed by atoms with Gasteiger partial charge in [0.2, 0.25) is 5.13 Å². The molecule has 0 saturated carbocycles. The second-order valence-corrected chi connectivity index (χ2v) is 8.27. The highest BCUT2D eigenvalue weighted by molar-refractivity contribution is 7.13. The number of amides is 1. The van der Waals surface area contributed by atoms with Gasteiger partial charge in [0.1, 0.15) is 5.75 Å². The van der Waals surface area contributed by atoms with Crippen LogP contribution in [0, 0.1) is 5.92 Å². The van der Waals surface area contributed by atoms with Crippen LogP contribution in [-0.4, -0.2) is 54.3 Å². The lowest BCUT2D eigenvalue weighted by atomic mass is 9.99. The molecule has 1 aliphatic heterocycles. The normalized spacial score (nSPS) is 14.6. The first kappa shape index (κ1) is 22.7. The molecule has 31 heavy (non-hydrogen) atoms. The summed E-state index contributed by atoms with van der Waals surface area (Å²) in [5, 5.41) is 6.56. The van der Waals surface area contributed by atoms with Crippen molar-refractivity contribution in [3.05, 3.63) is 40.9 Å². The van der Waals surface area contributed by atoms with E-state index >= 15 is 0 Å². The fraction of sp³-hybridized carbons (Fsp3) is 0.455. The fourth-order valence-electron chi connectivity index (χ4n) is 3.11. The summed E-state index contributed by atoms with van der Waals surface area (Å²) < 4.78 is 10.5. The monoisotopic (exact) mass is 444 g/mol. The SMILES string of the molecule is CCOC(=O)Cc1csc(NN=Cc2ccc(OCC(=O)N3CCC(C)CC3)cc2)n1. The van der Waals surface area contributed by atoms with Gasteiger partial charge in [-0.2, -0.15) is 5.10 Å². The quantitative estimate of drug-likeness (QED) is 0.362. The van der Waals surface area contributed by atoms with E-state index in [1.807, 2.05) is 29.2 Å². The number of esters is 1. The molecule has 0 bridgehead atoms. The smallest absolute Gasteiger partial charge is 0.311 e. The number of rotatable bonds is 9. The number of hydrogen-bond donors (Lipinski definition) is 1. The lowest BCUT2D eigenvalue weighted by Crippen LogP contribution is -2.40. The largest absolute Gasteiger partial charge is 0.484 e. The minimum atomic E-state index is -0.294. The summed E-state index contributed by atoms with van der Waals surface area (Å²) in [5.41, 5.74) is 4.38. The Morgan fingerprint density at radius 2 is 2.03 bits per heavy atom. The minimum Gasteiger partial charge on any atom is -0.484 e. The van der Waals surface area contributed by atoms with E-state index < -0.39 is 0 Å². The molecule has 1 N–H and O–H groups in total. The average molecular weight is 445 g/mol. The highest BCUT2D eigenvalue weighted by atomic mass is 32.1. The van der Waals surface area contributed by atoms with Crippen molar-refractivity contribution >= 4 is 34.6 Å². The fourth-order valence-corrected chi connectivity index (χ4v) is 3.76. The Morgan fingerprint density at radius 3 is 2.74 bits per heavy atom. The summed E-state index contributed by atoms with van der Waals surface area (Å²) in [4.78, 5) is 29.9. The van der Waals surface area contributed by atoms with E-state index in [2.05, 4.69) is 22.4 Å². The summed E-state index contributed by atoms with van der Waals surface area (Å²) in [6.45, 7) is 6.04. The first-order valence-corrected chi connectivity index (χ1v) is 11.3. The van der Waals surface area contributed by atoms with E-state index in [1.165, 1.54) is 11.3 Å². The number of piperidine rings is 1. The molecule has 8 nitrogen and oxygen atoms in total. The van der Waals surface area contributed by atoms with Gasteiger partial charge in [0.05, 0.1) is 24.9 Å². The van der Waals surface area contributed by atoms with Crippen molar-refractivity contribution in [2.24, 2.45) is 11.0 Å². The summed E-state index contributed by atoms with van der Waals surface area (Å²) >= 11 is 1.37. The zero-order chi connectivity index (χ0) is 22.1. The van der Waals surface area contributed by atoms with Crippen LogP contribution in [0.5, 0.6) is 5.75 Å². The van der Waals surface area contributed by atoms with Crippen LogP contribution >= 0.6 is 11.3 Å². The number of nitrogens with one attached hydrogen (secondary N) is 1. The molecule has 166 valence electrons. The number of nitrogens with zero attached hydrogens (tertiary/aromatic N) is 3. The number of hydrogen-bond acceptors (Lipinski definition) is 8. The van der Waals surface area contributed by atoms with Crippen molar-refractivity contribution in [3.63, 3.8) is 0 Å². The standard InChI is InChI=1S/C22H28N4O4S/c1-3-29-21(28)12-18-15-31-22(24-18)25-23-13-17-4-6-19(7-5-17)30-14-20(27)26-10-8-16(2)9-11-26/h4-7,13,15-16H,3,8-12,14H2,1-2H3,(H,24,25). The molecule has 2 aromatic rings. The number of carbonyl (C=O) groups excluding carboxylic acids is 2. The van der Waals surface area contributed by atoms with E-state index in [0.29, 0.717) is 29.1 Å². The predicted octanol–water partition coefficient (Wildman–Crippen LogP) is 3.33. The van der Waals surface area contributed by atoms with Crippen LogP contribution in [0.25, 0.3) is 0 Å².